The normalized spacial score (nSPS) is 10.5. The number of rotatable bonds is 4. The van der Waals surface area contributed by atoms with Crippen LogP contribution >= 0.6 is 0 Å². The van der Waals surface area contributed by atoms with Crippen molar-refractivity contribution in [1.82, 2.24) is 9.78 Å². The van der Waals surface area contributed by atoms with Crippen LogP contribution in [0.25, 0.3) is 0 Å². The maximum absolute atomic E-state index is 13.6. The van der Waals surface area contributed by atoms with E-state index in [1.807, 2.05) is 20.2 Å². The van der Waals surface area contributed by atoms with Crippen molar-refractivity contribution in [3.05, 3.63) is 47.0 Å². The van der Waals surface area contributed by atoms with Gasteiger partial charge in [0.2, 0.25) is 5.91 Å². The molecule has 0 unspecified atom stereocenters. The Balaban J connectivity index is 2.17. The number of aromatic nitrogens is 2. The summed E-state index contributed by atoms with van der Waals surface area (Å²) in [5.74, 6) is -1.01. The maximum Gasteiger partial charge on any atom is 0.248 e. The van der Waals surface area contributed by atoms with Crippen LogP contribution in [0.15, 0.2) is 24.4 Å². The minimum Gasteiger partial charge on any atom is -0.378 e. The largest absolute Gasteiger partial charge is 0.378 e. The fourth-order valence-electron chi connectivity index (χ4n) is 1.83. The Labute approximate surface area is 110 Å². The van der Waals surface area contributed by atoms with Crippen molar-refractivity contribution in [1.29, 1.82) is 0 Å². The third-order valence-corrected chi connectivity index (χ3v) is 2.84. The number of carbonyl (C=O) groups excluding carboxylic acids is 1. The zero-order valence-electron chi connectivity index (χ0n) is 10.8. The van der Waals surface area contributed by atoms with E-state index in [-0.39, 0.29) is 11.3 Å². The third kappa shape index (κ3) is 2.90. The van der Waals surface area contributed by atoms with Gasteiger partial charge in [-0.1, -0.05) is 0 Å². The highest BCUT2D eigenvalue weighted by atomic mass is 19.1. The lowest BCUT2D eigenvalue weighted by Crippen LogP contribution is -2.12. The van der Waals surface area contributed by atoms with Crippen molar-refractivity contribution >= 4 is 11.6 Å². The van der Waals surface area contributed by atoms with Gasteiger partial charge in [-0.3, -0.25) is 9.48 Å². The molecule has 19 heavy (non-hydrogen) atoms. The third-order valence-electron chi connectivity index (χ3n) is 2.84. The summed E-state index contributed by atoms with van der Waals surface area (Å²) in [5.41, 5.74) is 7.53. The van der Waals surface area contributed by atoms with E-state index < -0.39 is 11.7 Å². The molecule has 1 amide bonds. The van der Waals surface area contributed by atoms with Gasteiger partial charge >= 0.3 is 0 Å². The summed E-state index contributed by atoms with van der Waals surface area (Å²) in [6.07, 6.45) is 1.86. The van der Waals surface area contributed by atoms with E-state index in [4.69, 9.17) is 5.73 Å². The lowest BCUT2D eigenvalue weighted by molar-refractivity contribution is 0.100. The van der Waals surface area contributed by atoms with Crippen LogP contribution in [-0.4, -0.2) is 15.7 Å². The number of primary amides is 1. The van der Waals surface area contributed by atoms with Crippen LogP contribution in [0.5, 0.6) is 0 Å². The predicted molar refractivity (Wildman–Crippen MR) is 70.2 cm³/mol. The molecule has 3 N–H and O–H groups in total. The van der Waals surface area contributed by atoms with E-state index >= 15 is 0 Å². The molecular weight excluding hydrogens is 247 g/mol. The lowest BCUT2D eigenvalue weighted by atomic mass is 10.1. The second-order valence-corrected chi connectivity index (χ2v) is 4.33. The van der Waals surface area contributed by atoms with E-state index in [9.17, 15) is 9.18 Å². The molecule has 5 nitrogen and oxygen atoms in total. The number of carbonyl (C=O) groups is 1. The minimum atomic E-state index is -0.583. The highest BCUT2D eigenvalue weighted by molar-refractivity contribution is 5.93. The van der Waals surface area contributed by atoms with Gasteiger partial charge in [0.25, 0.3) is 0 Å². The van der Waals surface area contributed by atoms with Gasteiger partial charge in [-0.05, 0) is 25.1 Å². The molecule has 0 aliphatic rings. The van der Waals surface area contributed by atoms with Gasteiger partial charge in [-0.15, -0.1) is 0 Å². The molecule has 0 atom stereocenters. The Bertz CT molecular complexity index is 621. The van der Waals surface area contributed by atoms with Gasteiger partial charge in [-0.2, -0.15) is 5.10 Å². The van der Waals surface area contributed by atoms with Gasteiger partial charge in [0.05, 0.1) is 11.4 Å². The summed E-state index contributed by atoms with van der Waals surface area (Å²) in [6, 6.07) is 3.99. The van der Waals surface area contributed by atoms with E-state index in [1.54, 1.807) is 4.68 Å². The summed E-state index contributed by atoms with van der Waals surface area (Å²) in [6.45, 7) is 2.31. The average molecular weight is 262 g/mol. The van der Waals surface area contributed by atoms with Gasteiger partial charge in [0.1, 0.15) is 5.82 Å². The molecule has 2 rings (SSSR count). The molecule has 0 aliphatic heterocycles. The molecule has 1 aromatic carbocycles. The number of amides is 1. The first-order valence-electron chi connectivity index (χ1n) is 5.79. The molecule has 2 aromatic rings. The van der Waals surface area contributed by atoms with Crippen molar-refractivity contribution in [2.24, 2.45) is 12.8 Å². The molecule has 0 fully saturated rings. The average Bonchev–Trinajstić information content (AvgIpc) is 2.66. The standard InChI is InChI=1S/C13H15FN4O/c1-8-10(7-18(2)17-8)6-16-12-5-9(13(15)19)3-4-11(12)14/h3-5,7,16H,6H2,1-2H3,(H2,15,19). The second-order valence-electron chi connectivity index (χ2n) is 4.33. The quantitative estimate of drug-likeness (QED) is 0.878. The number of benzene rings is 1. The minimum absolute atomic E-state index is 0.250. The lowest BCUT2D eigenvalue weighted by Gasteiger charge is -2.08. The number of nitrogens with one attached hydrogen (secondary N) is 1. The van der Waals surface area contributed by atoms with E-state index in [2.05, 4.69) is 10.4 Å². The number of anilines is 1. The Morgan fingerprint density at radius 1 is 1.53 bits per heavy atom. The van der Waals surface area contributed by atoms with Gasteiger partial charge in [0, 0.05) is 30.9 Å². The van der Waals surface area contributed by atoms with E-state index in [0.29, 0.717) is 6.54 Å². The first kappa shape index (κ1) is 13.1. The Kier molecular flexibility index (Phi) is 3.50. The van der Waals surface area contributed by atoms with Crippen molar-refractivity contribution in [2.75, 3.05) is 5.32 Å². The Hall–Kier alpha value is -2.37. The van der Waals surface area contributed by atoms with Crippen LogP contribution in [0.3, 0.4) is 0 Å². The van der Waals surface area contributed by atoms with Crippen LogP contribution in [0.2, 0.25) is 0 Å². The number of nitrogens with two attached hydrogens (primary N) is 1. The van der Waals surface area contributed by atoms with Gasteiger partial charge in [0.15, 0.2) is 0 Å². The monoisotopic (exact) mass is 262 g/mol. The second kappa shape index (κ2) is 5.09. The molecule has 0 saturated carbocycles. The first-order chi connectivity index (χ1) is 8.97. The van der Waals surface area contributed by atoms with Crippen LogP contribution in [0.4, 0.5) is 10.1 Å². The molecule has 1 heterocycles. The van der Waals surface area contributed by atoms with Crippen LogP contribution < -0.4 is 11.1 Å². The molecule has 6 heteroatoms. The summed E-state index contributed by atoms with van der Waals surface area (Å²) < 4.78 is 15.3. The number of halogens is 1. The van der Waals surface area contributed by atoms with Crippen LogP contribution in [0.1, 0.15) is 21.6 Å². The number of nitrogens with zero attached hydrogens (tertiary/aromatic N) is 2. The van der Waals surface area contributed by atoms with Gasteiger partial charge < -0.3 is 11.1 Å². The highest BCUT2D eigenvalue weighted by Gasteiger charge is 2.08. The Morgan fingerprint density at radius 2 is 2.26 bits per heavy atom. The predicted octanol–water partition coefficient (Wildman–Crippen LogP) is 1.58. The van der Waals surface area contributed by atoms with Crippen molar-refractivity contribution in [3.63, 3.8) is 0 Å². The molecule has 0 bridgehead atoms. The summed E-state index contributed by atoms with van der Waals surface area (Å²) >= 11 is 0. The maximum atomic E-state index is 13.6. The fourth-order valence-corrected chi connectivity index (χ4v) is 1.83. The number of aryl methyl sites for hydroxylation is 2. The van der Waals surface area contributed by atoms with Gasteiger partial charge in [-0.25, -0.2) is 4.39 Å². The molecule has 1 aromatic heterocycles. The highest BCUT2D eigenvalue weighted by Crippen LogP contribution is 2.17. The van der Waals surface area contributed by atoms with Crippen LogP contribution in [0, 0.1) is 12.7 Å². The summed E-state index contributed by atoms with van der Waals surface area (Å²) in [7, 11) is 1.82. The van der Waals surface area contributed by atoms with Crippen LogP contribution in [-0.2, 0) is 13.6 Å². The summed E-state index contributed by atoms with van der Waals surface area (Å²) in [5, 5.41) is 7.14. The topological polar surface area (TPSA) is 72.9 Å². The zero-order valence-corrected chi connectivity index (χ0v) is 10.8. The van der Waals surface area contributed by atoms with Crippen molar-refractivity contribution in [3.8, 4) is 0 Å². The van der Waals surface area contributed by atoms with Crippen molar-refractivity contribution in [2.45, 2.75) is 13.5 Å². The zero-order chi connectivity index (χ0) is 14.0. The molecule has 0 radical (unpaired) electrons. The molecule has 0 spiro atoms. The first-order valence-corrected chi connectivity index (χ1v) is 5.79. The number of hydrogen-bond donors (Lipinski definition) is 2. The molecule has 100 valence electrons. The van der Waals surface area contributed by atoms with E-state index in [0.717, 1.165) is 11.3 Å². The van der Waals surface area contributed by atoms with Crippen molar-refractivity contribution < 1.29 is 9.18 Å². The molecule has 0 aliphatic carbocycles. The molecule has 0 saturated heterocycles. The fraction of sp³-hybridized carbons (Fsp3) is 0.231. The Morgan fingerprint density at radius 3 is 2.84 bits per heavy atom. The smallest absolute Gasteiger partial charge is 0.248 e. The SMILES string of the molecule is Cc1nn(C)cc1CNc1cc(C(N)=O)ccc1F. The van der Waals surface area contributed by atoms with E-state index in [1.165, 1.54) is 18.2 Å². The number of hydrogen-bond acceptors (Lipinski definition) is 3. The summed E-state index contributed by atoms with van der Waals surface area (Å²) in [4.78, 5) is 11.1. The molecular formula is C13H15FN4O.